The number of benzene rings is 2. The van der Waals surface area contributed by atoms with Gasteiger partial charge in [0.1, 0.15) is 11.4 Å². The fourth-order valence-corrected chi connectivity index (χ4v) is 2.52. The molecule has 0 bridgehead atoms. The minimum absolute atomic E-state index is 0.109. The molecule has 0 aliphatic heterocycles. The Morgan fingerprint density at radius 2 is 1.62 bits per heavy atom. The highest BCUT2D eigenvalue weighted by atomic mass is 19.1. The van der Waals surface area contributed by atoms with Gasteiger partial charge in [-0.1, -0.05) is 24.3 Å². The number of anilines is 1. The number of alkyl carbamates (subject to hydrolysis) is 1. The number of halogens is 1. The van der Waals surface area contributed by atoms with Crippen LogP contribution in [0.4, 0.5) is 14.9 Å². The summed E-state index contributed by atoms with van der Waals surface area (Å²) in [6.45, 7) is 5.77. The van der Waals surface area contributed by atoms with Gasteiger partial charge in [0.2, 0.25) is 11.8 Å². The Bertz CT molecular complexity index is 949. The Morgan fingerprint density at radius 1 is 0.969 bits per heavy atom. The van der Waals surface area contributed by atoms with E-state index in [1.54, 1.807) is 63.2 Å². The van der Waals surface area contributed by atoms with E-state index in [2.05, 4.69) is 16.0 Å². The van der Waals surface area contributed by atoms with E-state index in [0.29, 0.717) is 12.2 Å². The van der Waals surface area contributed by atoms with Gasteiger partial charge in [-0.2, -0.15) is 0 Å². The predicted molar refractivity (Wildman–Crippen MR) is 121 cm³/mol. The fourth-order valence-electron chi connectivity index (χ4n) is 2.52. The van der Waals surface area contributed by atoms with Crippen LogP contribution in [0.25, 0.3) is 6.08 Å². The first-order valence-electron chi connectivity index (χ1n) is 10.2. The molecule has 0 radical (unpaired) electrons. The molecule has 0 saturated carbocycles. The van der Waals surface area contributed by atoms with Gasteiger partial charge >= 0.3 is 6.09 Å². The van der Waals surface area contributed by atoms with E-state index in [9.17, 15) is 18.8 Å². The average molecular weight is 442 g/mol. The summed E-state index contributed by atoms with van der Waals surface area (Å²) in [6.07, 6.45) is 2.53. The van der Waals surface area contributed by atoms with E-state index in [1.807, 2.05) is 0 Å². The van der Waals surface area contributed by atoms with E-state index in [4.69, 9.17) is 4.74 Å². The van der Waals surface area contributed by atoms with Crippen LogP contribution in [0.1, 0.15) is 38.3 Å². The Morgan fingerprint density at radius 3 is 2.25 bits per heavy atom. The van der Waals surface area contributed by atoms with Gasteiger partial charge in [0.25, 0.3) is 0 Å². The Labute approximate surface area is 187 Å². The van der Waals surface area contributed by atoms with Crippen molar-refractivity contribution in [3.05, 3.63) is 71.6 Å². The molecule has 0 heterocycles. The summed E-state index contributed by atoms with van der Waals surface area (Å²) in [5.74, 6) is -0.846. The number of amides is 3. The van der Waals surface area contributed by atoms with Gasteiger partial charge in [-0.25, -0.2) is 9.18 Å². The lowest BCUT2D eigenvalue weighted by atomic mass is 10.2. The van der Waals surface area contributed by atoms with Crippen molar-refractivity contribution < 1.29 is 23.5 Å². The molecule has 0 aromatic heterocycles. The molecule has 2 rings (SSSR count). The van der Waals surface area contributed by atoms with Crippen LogP contribution in [0.3, 0.4) is 0 Å². The fraction of sp³-hybridized carbons (Fsp3) is 0.292. The van der Waals surface area contributed by atoms with Crippen molar-refractivity contribution >= 4 is 29.7 Å². The van der Waals surface area contributed by atoms with Crippen molar-refractivity contribution in [3.8, 4) is 0 Å². The molecule has 0 aliphatic carbocycles. The molecule has 170 valence electrons. The first kappa shape index (κ1) is 24.6. The van der Waals surface area contributed by atoms with Crippen LogP contribution in [0.2, 0.25) is 0 Å². The lowest BCUT2D eigenvalue weighted by Crippen LogP contribution is -2.34. The van der Waals surface area contributed by atoms with Crippen molar-refractivity contribution in [2.45, 2.75) is 39.3 Å². The SMILES string of the molecule is CC(C)(C)OC(=O)NCCC(=O)Nc1ccc(CNC(=O)/C=C/c2ccc(F)cc2)cc1. The zero-order chi connectivity index (χ0) is 23.6. The van der Waals surface area contributed by atoms with Crippen LogP contribution in [0.5, 0.6) is 0 Å². The molecule has 0 aliphatic rings. The summed E-state index contributed by atoms with van der Waals surface area (Å²) in [5.41, 5.74) is 1.60. The first-order chi connectivity index (χ1) is 15.1. The van der Waals surface area contributed by atoms with Crippen LogP contribution < -0.4 is 16.0 Å². The Balaban J connectivity index is 1.71. The summed E-state index contributed by atoms with van der Waals surface area (Å²) in [5, 5.41) is 8.03. The van der Waals surface area contributed by atoms with E-state index in [1.165, 1.54) is 18.2 Å². The van der Waals surface area contributed by atoms with Crippen LogP contribution in [-0.2, 0) is 20.9 Å². The third kappa shape index (κ3) is 9.88. The molecule has 0 unspecified atom stereocenters. The number of hydrogen-bond acceptors (Lipinski definition) is 4. The number of carbonyl (C=O) groups excluding carboxylic acids is 3. The maximum atomic E-state index is 12.9. The lowest BCUT2D eigenvalue weighted by molar-refractivity contribution is -0.117. The molecule has 0 atom stereocenters. The molecule has 0 spiro atoms. The minimum Gasteiger partial charge on any atom is -0.444 e. The van der Waals surface area contributed by atoms with Crippen LogP contribution in [-0.4, -0.2) is 30.1 Å². The highest BCUT2D eigenvalue weighted by Gasteiger charge is 2.15. The molecule has 2 aromatic rings. The molecule has 0 saturated heterocycles. The molecular formula is C24H28FN3O4. The molecule has 3 N–H and O–H groups in total. The second kappa shape index (κ2) is 11.6. The standard InChI is InChI=1S/C24H28FN3O4/c1-24(2,3)32-23(31)26-15-14-22(30)28-20-11-6-18(7-12-20)16-27-21(29)13-8-17-4-9-19(25)10-5-17/h4-13H,14-16H2,1-3H3,(H,26,31)(H,27,29)(H,28,30)/b13-8+. The molecule has 8 heteroatoms. The number of hydrogen-bond donors (Lipinski definition) is 3. The van der Waals surface area contributed by atoms with E-state index >= 15 is 0 Å². The molecule has 7 nitrogen and oxygen atoms in total. The summed E-state index contributed by atoms with van der Waals surface area (Å²) in [7, 11) is 0. The van der Waals surface area contributed by atoms with Crippen LogP contribution >= 0.6 is 0 Å². The van der Waals surface area contributed by atoms with Crippen molar-refractivity contribution in [1.82, 2.24) is 10.6 Å². The lowest BCUT2D eigenvalue weighted by Gasteiger charge is -2.19. The smallest absolute Gasteiger partial charge is 0.407 e. The molecule has 3 amide bonds. The highest BCUT2D eigenvalue weighted by molar-refractivity contribution is 5.92. The summed E-state index contributed by atoms with van der Waals surface area (Å²) in [6, 6.07) is 12.9. The Kier molecular flexibility index (Phi) is 8.95. The number of nitrogens with one attached hydrogen (secondary N) is 3. The van der Waals surface area contributed by atoms with Crippen molar-refractivity contribution in [3.63, 3.8) is 0 Å². The minimum atomic E-state index is -0.591. The third-order valence-electron chi connectivity index (χ3n) is 4.02. The highest BCUT2D eigenvalue weighted by Crippen LogP contribution is 2.10. The van der Waals surface area contributed by atoms with Gasteiger partial charge in [0, 0.05) is 31.3 Å². The first-order valence-corrected chi connectivity index (χ1v) is 10.2. The van der Waals surface area contributed by atoms with Gasteiger partial charge < -0.3 is 20.7 Å². The van der Waals surface area contributed by atoms with Gasteiger partial charge in [-0.05, 0) is 62.2 Å². The van der Waals surface area contributed by atoms with E-state index in [-0.39, 0.29) is 30.6 Å². The zero-order valence-corrected chi connectivity index (χ0v) is 18.4. The van der Waals surface area contributed by atoms with Gasteiger partial charge in [0.15, 0.2) is 0 Å². The maximum absolute atomic E-state index is 12.9. The summed E-state index contributed by atoms with van der Waals surface area (Å²) in [4.78, 5) is 35.5. The molecule has 2 aromatic carbocycles. The normalized spacial score (nSPS) is 11.1. The second-order valence-electron chi connectivity index (χ2n) is 8.03. The number of rotatable bonds is 8. The van der Waals surface area contributed by atoms with Crippen molar-refractivity contribution in [2.75, 3.05) is 11.9 Å². The second-order valence-corrected chi connectivity index (χ2v) is 8.03. The van der Waals surface area contributed by atoms with Crippen molar-refractivity contribution in [2.24, 2.45) is 0 Å². The van der Waals surface area contributed by atoms with Gasteiger partial charge in [0.05, 0.1) is 0 Å². The van der Waals surface area contributed by atoms with Gasteiger partial charge in [-0.15, -0.1) is 0 Å². The predicted octanol–water partition coefficient (Wildman–Crippen LogP) is 4.01. The largest absolute Gasteiger partial charge is 0.444 e. The van der Waals surface area contributed by atoms with Crippen molar-refractivity contribution in [1.29, 1.82) is 0 Å². The molecular weight excluding hydrogens is 413 g/mol. The van der Waals surface area contributed by atoms with Crippen LogP contribution in [0, 0.1) is 5.82 Å². The summed E-state index contributed by atoms with van der Waals surface area (Å²) < 4.78 is 18.0. The quantitative estimate of drug-likeness (QED) is 0.540. The van der Waals surface area contributed by atoms with Crippen LogP contribution in [0.15, 0.2) is 54.6 Å². The third-order valence-corrected chi connectivity index (χ3v) is 4.02. The number of carbonyl (C=O) groups is 3. The number of ether oxygens (including phenoxy) is 1. The Hall–Kier alpha value is -3.68. The topological polar surface area (TPSA) is 96.5 Å². The molecule has 32 heavy (non-hydrogen) atoms. The van der Waals surface area contributed by atoms with E-state index < -0.39 is 11.7 Å². The van der Waals surface area contributed by atoms with Gasteiger partial charge in [-0.3, -0.25) is 9.59 Å². The molecule has 0 fully saturated rings. The van der Waals surface area contributed by atoms with E-state index in [0.717, 1.165) is 11.1 Å². The monoisotopic (exact) mass is 441 g/mol. The maximum Gasteiger partial charge on any atom is 0.407 e. The summed E-state index contributed by atoms with van der Waals surface area (Å²) >= 11 is 0. The average Bonchev–Trinajstić information content (AvgIpc) is 2.71. The zero-order valence-electron chi connectivity index (χ0n) is 18.4.